The summed E-state index contributed by atoms with van der Waals surface area (Å²) in [5, 5.41) is 0. The molecule has 2 aromatic carbocycles. The lowest BCUT2D eigenvalue weighted by Crippen LogP contribution is -2.44. The Labute approximate surface area is 187 Å². The molecule has 3 aromatic rings. The van der Waals surface area contributed by atoms with Crippen LogP contribution in [0.5, 0.6) is 11.6 Å². The zero-order chi connectivity index (χ0) is 21.8. The van der Waals surface area contributed by atoms with Crippen LogP contribution in [0.15, 0.2) is 59.5 Å². The van der Waals surface area contributed by atoms with Crippen LogP contribution in [0, 0.1) is 12.7 Å². The molecule has 2 heterocycles. The molecule has 1 aliphatic heterocycles. The first-order chi connectivity index (χ1) is 15.0. The minimum Gasteiger partial charge on any atom is -0.439 e. The van der Waals surface area contributed by atoms with Gasteiger partial charge in [-0.2, -0.15) is 4.98 Å². The van der Waals surface area contributed by atoms with Gasteiger partial charge in [0.1, 0.15) is 11.6 Å². The van der Waals surface area contributed by atoms with Gasteiger partial charge in [0.2, 0.25) is 11.8 Å². The number of halogens is 1. The standard InChI is InChI=1S/C24H27FN4OS/c1-17(2)22-16-23(30-20-8-6-19(25)7-9-20)27-24(26-22)28-12-14-29(15-13-28)31-21-10-4-18(3)5-11-21/h4-11,16-17H,12-15H2,1-3H3. The van der Waals surface area contributed by atoms with Crippen LogP contribution in [0.4, 0.5) is 10.3 Å². The number of benzene rings is 2. The molecule has 31 heavy (non-hydrogen) atoms. The summed E-state index contributed by atoms with van der Waals surface area (Å²) in [6, 6.07) is 16.5. The first-order valence-corrected chi connectivity index (χ1v) is 11.3. The maximum absolute atomic E-state index is 13.2. The quantitative estimate of drug-likeness (QED) is 0.462. The third-order valence-corrected chi connectivity index (χ3v) is 6.22. The minimum absolute atomic E-state index is 0.246. The third-order valence-electron chi connectivity index (χ3n) is 5.12. The van der Waals surface area contributed by atoms with Crippen molar-refractivity contribution in [2.24, 2.45) is 0 Å². The van der Waals surface area contributed by atoms with E-state index in [1.807, 2.05) is 6.07 Å². The molecular formula is C24H27FN4OS. The Hall–Kier alpha value is -2.64. The molecule has 162 valence electrons. The summed E-state index contributed by atoms with van der Waals surface area (Å²) in [5.41, 5.74) is 2.20. The van der Waals surface area contributed by atoms with Gasteiger partial charge in [0.05, 0.1) is 5.69 Å². The van der Waals surface area contributed by atoms with Gasteiger partial charge >= 0.3 is 0 Å². The topological polar surface area (TPSA) is 41.5 Å². The second-order valence-electron chi connectivity index (χ2n) is 7.96. The average Bonchev–Trinajstić information content (AvgIpc) is 2.77. The fourth-order valence-electron chi connectivity index (χ4n) is 3.27. The lowest BCUT2D eigenvalue weighted by molar-refractivity contribution is 0.421. The normalized spacial score (nSPS) is 14.8. The van der Waals surface area contributed by atoms with E-state index < -0.39 is 0 Å². The van der Waals surface area contributed by atoms with Gasteiger partial charge in [0.15, 0.2) is 0 Å². The monoisotopic (exact) mass is 438 g/mol. The average molecular weight is 439 g/mol. The molecule has 1 saturated heterocycles. The number of hydrogen-bond donors (Lipinski definition) is 0. The molecule has 1 aromatic heterocycles. The Morgan fingerprint density at radius 2 is 1.61 bits per heavy atom. The number of anilines is 1. The first-order valence-electron chi connectivity index (χ1n) is 10.5. The van der Waals surface area contributed by atoms with Gasteiger partial charge in [0.25, 0.3) is 0 Å². The van der Waals surface area contributed by atoms with Crippen molar-refractivity contribution in [3.63, 3.8) is 0 Å². The van der Waals surface area contributed by atoms with E-state index in [2.05, 4.69) is 59.2 Å². The summed E-state index contributed by atoms with van der Waals surface area (Å²) in [4.78, 5) is 12.9. The summed E-state index contributed by atoms with van der Waals surface area (Å²) in [6.07, 6.45) is 0. The fourth-order valence-corrected chi connectivity index (χ4v) is 4.17. The van der Waals surface area contributed by atoms with Gasteiger partial charge < -0.3 is 9.64 Å². The van der Waals surface area contributed by atoms with E-state index >= 15 is 0 Å². The first kappa shape index (κ1) is 21.6. The van der Waals surface area contributed by atoms with Gasteiger partial charge in [-0.15, -0.1) is 0 Å². The van der Waals surface area contributed by atoms with E-state index in [-0.39, 0.29) is 11.7 Å². The zero-order valence-corrected chi connectivity index (χ0v) is 18.9. The molecule has 0 radical (unpaired) electrons. The molecule has 0 atom stereocenters. The van der Waals surface area contributed by atoms with Crippen molar-refractivity contribution in [1.82, 2.24) is 14.3 Å². The SMILES string of the molecule is Cc1ccc(SN2CCN(c3nc(Oc4ccc(F)cc4)cc(C(C)C)n3)CC2)cc1. The summed E-state index contributed by atoms with van der Waals surface area (Å²) in [5.74, 6) is 1.68. The Morgan fingerprint density at radius 1 is 0.935 bits per heavy atom. The maximum Gasteiger partial charge on any atom is 0.228 e. The molecule has 0 unspecified atom stereocenters. The summed E-state index contributed by atoms with van der Waals surface area (Å²) < 4.78 is 21.5. The highest BCUT2D eigenvalue weighted by Crippen LogP contribution is 2.28. The van der Waals surface area contributed by atoms with Gasteiger partial charge in [-0.3, -0.25) is 0 Å². The molecule has 0 spiro atoms. The molecule has 0 aliphatic carbocycles. The number of nitrogens with zero attached hydrogens (tertiary/aromatic N) is 4. The third kappa shape index (κ3) is 5.74. The number of aromatic nitrogens is 2. The second kappa shape index (κ2) is 9.66. The van der Waals surface area contributed by atoms with Crippen LogP contribution in [-0.4, -0.2) is 40.5 Å². The number of aryl methyl sites for hydroxylation is 1. The van der Waals surface area contributed by atoms with E-state index in [4.69, 9.17) is 9.72 Å². The van der Waals surface area contributed by atoms with Gasteiger partial charge in [-0.25, -0.2) is 13.7 Å². The van der Waals surface area contributed by atoms with E-state index in [1.165, 1.54) is 22.6 Å². The van der Waals surface area contributed by atoms with Gasteiger partial charge in [-0.1, -0.05) is 31.5 Å². The van der Waals surface area contributed by atoms with Gasteiger partial charge in [-0.05, 0) is 61.2 Å². The number of rotatable bonds is 6. The number of hydrogen-bond acceptors (Lipinski definition) is 6. The van der Waals surface area contributed by atoms with Crippen molar-refractivity contribution in [2.45, 2.75) is 31.6 Å². The van der Waals surface area contributed by atoms with Crippen LogP contribution < -0.4 is 9.64 Å². The van der Waals surface area contributed by atoms with Gasteiger partial charge in [0, 0.05) is 37.1 Å². The molecule has 5 nitrogen and oxygen atoms in total. The van der Waals surface area contributed by atoms with E-state index in [9.17, 15) is 4.39 Å². The molecule has 0 N–H and O–H groups in total. The second-order valence-corrected chi connectivity index (χ2v) is 9.13. The Morgan fingerprint density at radius 3 is 2.26 bits per heavy atom. The molecule has 0 amide bonds. The molecule has 1 aliphatic rings. The van der Waals surface area contributed by atoms with E-state index in [0.717, 1.165) is 31.9 Å². The lowest BCUT2D eigenvalue weighted by atomic mass is 10.1. The number of piperazine rings is 1. The predicted octanol–water partition coefficient (Wildman–Crippen LogP) is 5.67. The van der Waals surface area contributed by atoms with Crippen LogP contribution in [0.1, 0.15) is 31.0 Å². The smallest absolute Gasteiger partial charge is 0.228 e. The fraction of sp³-hybridized carbons (Fsp3) is 0.333. The molecular weight excluding hydrogens is 411 g/mol. The zero-order valence-electron chi connectivity index (χ0n) is 18.1. The van der Waals surface area contributed by atoms with Crippen molar-refractivity contribution < 1.29 is 9.13 Å². The van der Waals surface area contributed by atoms with Crippen molar-refractivity contribution in [1.29, 1.82) is 0 Å². The summed E-state index contributed by atoms with van der Waals surface area (Å²) in [6.45, 7) is 9.83. The highest BCUT2D eigenvalue weighted by molar-refractivity contribution is 7.97. The van der Waals surface area contributed by atoms with Crippen LogP contribution in [0.3, 0.4) is 0 Å². The van der Waals surface area contributed by atoms with Crippen LogP contribution >= 0.6 is 11.9 Å². The predicted molar refractivity (Wildman–Crippen MR) is 123 cm³/mol. The lowest BCUT2D eigenvalue weighted by Gasteiger charge is -2.34. The van der Waals surface area contributed by atoms with Crippen molar-refractivity contribution >= 4 is 17.9 Å². The molecule has 0 bridgehead atoms. The Balaban J connectivity index is 1.45. The minimum atomic E-state index is -0.292. The van der Waals surface area contributed by atoms with Crippen molar-refractivity contribution in [2.75, 3.05) is 31.1 Å². The van der Waals surface area contributed by atoms with Crippen LogP contribution in [0.2, 0.25) is 0 Å². The Kier molecular flexibility index (Phi) is 6.73. The highest BCUT2D eigenvalue weighted by Gasteiger charge is 2.21. The van der Waals surface area contributed by atoms with Crippen molar-refractivity contribution in [3.05, 3.63) is 71.7 Å². The van der Waals surface area contributed by atoms with E-state index in [1.54, 1.807) is 24.1 Å². The van der Waals surface area contributed by atoms with E-state index in [0.29, 0.717) is 17.6 Å². The molecule has 0 saturated carbocycles. The Bertz CT molecular complexity index is 1000. The molecule has 1 fully saturated rings. The summed E-state index contributed by atoms with van der Waals surface area (Å²) in [7, 11) is 0. The number of ether oxygens (including phenoxy) is 1. The largest absolute Gasteiger partial charge is 0.439 e. The molecule has 4 rings (SSSR count). The van der Waals surface area contributed by atoms with Crippen molar-refractivity contribution in [3.8, 4) is 11.6 Å². The van der Waals surface area contributed by atoms with Crippen LogP contribution in [0.25, 0.3) is 0 Å². The highest BCUT2D eigenvalue weighted by atomic mass is 32.2. The maximum atomic E-state index is 13.2. The summed E-state index contributed by atoms with van der Waals surface area (Å²) >= 11 is 1.80. The van der Waals surface area contributed by atoms with Crippen LogP contribution in [-0.2, 0) is 0 Å². The molecule has 7 heteroatoms.